The number of ether oxygens (including phenoxy) is 1. The van der Waals surface area contributed by atoms with Crippen LogP contribution in [0.25, 0.3) is 0 Å². The van der Waals surface area contributed by atoms with Gasteiger partial charge in [0.15, 0.2) is 0 Å². The molecule has 1 aromatic rings. The van der Waals surface area contributed by atoms with Gasteiger partial charge >= 0.3 is 0 Å². The maximum Gasteiger partial charge on any atom is 0.256 e. The first-order valence-electron chi connectivity index (χ1n) is 4.88. The third-order valence-electron chi connectivity index (χ3n) is 1.94. The Morgan fingerprint density at radius 2 is 2.33 bits per heavy atom. The van der Waals surface area contributed by atoms with Gasteiger partial charge in [0.1, 0.15) is 5.75 Å². The van der Waals surface area contributed by atoms with E-state index in [1.165, 1.54) is 0 Å². The molecule has 0 aliphatic carbocycles. The van der Waals surface area contributed by atoms with Gasteiger partial charge < -0.3 is 9.72 Å². The predicted molar refractivity (Wildman–Crippen MR) is 60.3 cm³/mol. The average molecular weight is 231 g/mol. The Labute approximate surface area is 93.7 Å². The summed E-state index contributed by atoms with van der Waals surface area (Å²) in [4.78, 5) is 16.7. The zero-order valence-corrected chi connectivity index (χ0v) is 9.65. The second kappa shape index (κ2) is 5.78. The van der Waals surface area contributed by atoms with Gasteiger partial charge in [-0.1, -0.05) is 6.92 Å². The molecule has 0 aromatic carbocycles. The van der Waals surface area contributed by atoms with Crippen LogP contribution in [0, 0.1) is 6.92 Å². The molecule has 0 saturated carbocycles. The van der Waals surface area contributed by atoms with Crippen LogP contribution in [0.2, 0.25) is 0 Å². The number of H-pyrrole nitrogens is 1. The lowest BCUT2D eigenvalue weighted by Gasteiger charge is -2.10. The fourth-order valence-corrected chi connectivity index (χ4v) is 1.39. The third kappa shape index (κ3) is 3.25. The summed E-state index contributed by atoms with van der Waals surface area (Å²) in [5.74, 6) is 0.603. The van der Waals surface area contributed by atoms with E-state index in [9.17, 15) is 4.79 Å². The third-order valence-corrected chi connectivity index (χ3v) is 2.07. The molecule has 0 saturated heterocycles. The lowest BCUT2D eigenvalue weighted by atomic mass is 10.2. The number of aromatic amines is 1. The SMILES string of the molecule is CCCOc1cc(C)[nH]c(=O)c1CNCl. The minimum Gasteiger partial charge on any atom is -0.493 e. The number of halogens is 1. The standard InChI is InChI=1S/C10H15ClN2O2/c1-3-4-15-9-5-7(2)13-10(14)8(9)6-12-11/h5,12H,3-4,6H2,1-2H3,(H,13,14). The van der Waals surface area contributed by atoms with Crippen LogP contribution in [0.5, 0.6) is 5.75 Å². The van der Waals surface area contributed by atoms with Gasteiger partial charge in [-0.15, -0.1) is 0 Å². The van der Waals surface area contributed by atoms with Crippen molar-refractivity contribution in [3.63, 3.8) is 0 Å². The molecule has 0 radical (unpaired) electrons. The molecule has 4 nitrogen and oxygen atoms in total. The normalized spacial score (nSPS) is 10.3. The van der Waals surface area contributed by atoms with Gasteiger partial charge in [-0.25, -0.2) is 4.84 Å². The van der Waals surface area contributed by atoms with E-state index >= 15 is 0 Å². The smallest absolute Gasteiger partial charge is 0.256 e. The Kier molecular flexibility index (Phi) is 4.65. The van der Waals surface area contributed by atoms with E-state index in [2.05, 4.69) is 9.82 Å². The number of aromatic nitrogens is 1. The van der Waals surface area contributed by atoms with Crippen molar-refractivity contribution in [2.24, 2.45) is 0 Å². The van der Waals surface area contributed by atoms with Crippen molar-refractivity contribution >= 4 is 11.8 Å². The van der Waals surface area contributed by atoms with Gasteiger partial charge in [0.25, 0.3) is 5.56 Å². The van der Waals surface area contributed by atoms with E-state index in [1.807, 2.05) is 13.8 Å². The van der Waals surface area contributed by atoms with Gasteiger partial charge in [0, 0.05) is 12.2 Å². The van der Waals surface area contributed by atoms with Gasteiger partial charge in [-0.3, -0.25) is 4.79 Å². The second-order valence-electron chi connectivity index (χ2n) is 3.28. The van der Waals surface area contributed by atoms with Crippen LogP contribution in [0.1, 0.15) is 24.6 Å². The molecule has 1 aromatic heterocycles. The monoisotopic (exact) mass is 230 g/mol. The Morgan fingerprint density at radius 3 is 2.93 bits per heavy atom. The summed E-state index contributed by atoms with van der Waals surface area (Å²) in [6.45, 7) is 4.71. The maximum absolute atomic E-state index is 11.6. The van der Waals surface area contributed by atoms with E-state index in [0.29, 0.717) is 17.9 Å². The molecule has 0 unspecified atom stereocenters. The van der Waals surface area contributed by atoms with Crippen molar-refractivity contribution in [1.82, 2.24) is 9.82 Å². The average Bonchev–Trinajstić information content (AvgIpc) is 2.19. The van der Waals surface area contributed by atoms with Crippen molar-refractivity contribution in [2.45, 2.75) is 26.8 Å². The van der Waals surface area contributed by atoms with Crippen LogP contribution in [0.15, 0.2) is 10.9 Å². The first-order chi connectivity index (χ1) is 7.19. The van der Waals surface area contributed by atoms with Gasteiger partial charge in [0.2, 0.25) is 0 Å². The first kappa shape index (κ1) is 12.1. The van der Waals surface area contributed by atoms with Crippen molar-refractivity contribution < 1.29 is 4.74 Å². The Hall–Kier alpha value is -1.00. The zero-order chi connectivity index (χ0) is 11.3. The summed E-state index contributed by atoms with van der Waals surface area (Å²) in [5, 5.41) is 0. The number of nitrogens with one attached hydrogen (secondary N) is 2. The van der Waals surface area contributed by atoms with Crippen LogP contribution in [-0.4, -0.2) is 11.6 Å². The van der Waals surface area contributed by atoms with Crippen molar-refractivity contribution in [3.05, 3.63) is 27.7 Å². The maximum atomic E-state index is 11.6. The van der Waals surface area contributed by atoms with Crippen molar-refractivity contribution in [1.29, 1.82) is 0 Å². The van der Waals surface area contributed by atoms with Gasteiger partial charge in [-0.05, 0) is 31.2 Å². The molecule has 2 N–H and O–H groups in total. The number of pyridine rings is 1. The van der Waals surface area contributed by atoms with Crippen LogP contribution in [0.4, 0.5) is 0 Å². The van der Waals surface area contributed by atoms with E-state index in [1.54, 1.807) is 6.07 Å². The summed E-state index contributed by atoms with van der Waals surface area (Å²) in [6, 6.07) is 1.81. The topological polar surface area (TPSA) is 54.1 Å². The second-order valence-corrected chi connectivity index (χ2v) is 3.55. The highest BCUT2D eigenvalue weighted by atomic mass is 35.5. The molecule has 1 rings (SSSR count). The molecule has 0 aliphatic rings. The Balaban J connectivity index is 3.03. The summed E-state index contributed by atoms with van der Waals surface area (Å²) >= 11 is 5.40. The summed E-state index contributed by atoms with van der Waals surface area (Å²) in [7, 11) is 0. The van der Waals surface area contributed by atoms with Crippen LogP contribution < -0.4 is 15.1 Å². The lowest BCUT2D eigenvalue weighted by molar-refractivity contribution is 0.313. The van der Waals surface area contributed by atoms with E-state index in [-0.39, 0.29) is 12.1 Å². The minimum absolute atomic E-state index is 0.158. The van der Waals surface area contributed by atoms with Crippen molar-refractivity contribution in [3.8, 4) is 5.75 Å². The highest BCUT2D eigenvalue weighted by Crippen LogP contribution is 2.15. The van der Waals surface area contributed by atoms with Gasteiger partial charge in [-0.2, -0.15) is 0 Å². The van der Waals surface area contributed by atoms with Crippen molar-refractivity contribution in [2.75, 3.05) is 6.61 Å². The van der Waals surface area contributed by atoms with E-state index in [4.69, 9.17) is 16.5 Å². The number of hydrogen-bond acceptors (Lipinski definition) is 3. The number of hydrogen-bond donors (Lipinski definition) is 2. The molecule has 84 valence electrons. The molecule has 15 heavy (non-hydrogen) atoms. The molecular weight excluding hydrogens is 216 g/mol. The van der Waals surface area contributed by atoms with E-state index in [0.717, 1.165) is 12.1 Å². The number of rotatable bonds is 5. The fourth-order valence-electron chi connectivity index (χ4n) is 1.26. The zero-order valence-electron chi connectivity index (χ0n) is 8.89. The van der Waals surface area contributed by atoms with Crippen LogP contribution >= 0.6 is 11.8 Å². The summed E-state index contributed by atoms with van der Waals surface area (Å²) in [5.41, 5.74) is 1.16. The highest BCUT2D eigenvalue weighted by Gasteiger charge is 2.08. The molecule has 0 amide bonds. The quantitative estimate of drug-likeness (QED) is 0.758. The predicted octanol–water partition coefficient (Wildman–Crippen LogP) is 1.72. The summed E-state index contributed by atoms with van der Waals surface area (Å²) in [6.07, 6.45) is 0.902. The van der Waals surface area contributed by atoms with Gasteiger partial charge in [0.05, 0.1) is 12.2 Å². The molecule has 0 spiro atoms. The molecule has 0 atom stereocenters. The summed E-state index contributed by atoms with van der Waals surface area (Å²) < 4.78 is 5.48. The molecule has 1 heterocycles. The highest BCUT2D eigenvalue weighted by molar-refractivity contribution is 6.13. The molecule has 5 heteroatoms. The molecule has 0 bridgehead atoms. The fraction of sp³-hybridized carbons (Fsp3) is 0.500. The molecule has 0 aliphatic heterocycles. The lowest BCUT2D eigenvalue weighted by Crippen LogP contribution is -2.19. The molecule has 0 fully saturated rings. The van der Waals surface area contributed by atoms with E-state index < -0.39 is 0 Å². The number of aryl methyl sites for hydroxylation is 1. The Bertz CT molecular complexity index is 376. The van der Waals surface area contributed by atoms with Crippen LogP contribution in [0.3, 0.4) is 0 Å². The molecular formula is C10H15ClN2O2. The Morgan fingerprint density at radius 1 is 1.60 bits per heavy atom. The largest absolute Gasteiger partial charge is 0.493 e. The first-order valence-corrected chi connectivity index (χ1v) is 5.26. The van der Waals surface area contributed by atoms with Crippen LogP contribution in [-0.2, 0) is 6.54 Å². The minimum atomic E-state index is -0.158.